The van der Waals surface area contributed by atoms with Crippen molar-refractivity contribution in [2.75, 3.05) is 0 Å². The van der Waals surface area contributed by atoms with Crippen molar-refractivity contribution in [3.63, 3.8) is 0 Å². The van der Waals surface area contributed by atoms with Crippen LogP contribution >= 0.6 is 0 Å². The Labute approximate surface area is 98.6 Å². The van der Waals surface area contributed by atoms with E-state index in [9.17, 15) is 4.79 Å². The summed E-state index contributed by atoms with van der Waals surface area (Å²) in [5.41, 5.74) is 2.63. The first-order valence-corrected chi connectivity index (χ1v) is 6.56. The number of hydrogen-bond donors (Lipinski definition) is 0. The Morgan fingerprint density at radius 3 is 2.75 bits per heavy atom. The lowest BCUT2D eigenvalue weighted by molar-refractivity contribution is -0.116. The molecular weight excluding hydrogens is 196 g/mol. The molecule has 0 aromatic heterocycles. The van der Waals surface area contributed by atoms with E-state index in [1.807, 2.05) is 0 Å². The van der Waals surface area contributed by atoms with Crippen LogP contribution in [0.1, 0.15) is 52.4 Å². The van der Waals surface area contributed by atoms with E-state index in [1.165, 1.54) is 18.4 Å². The van der Waals surface area contributed by atoms with Crippen molar-refractivity contribution < 1.29 is 4.79 Å². The fourth-order valence-corrected chi connectivity index (χ4v) is 2.88. The van der Waals surface area contributed by atoms with Crippen LogP contribution in [-0.4, -0.2) is 5.78 Å². The minimum absolute atomic E-state index is 0.407. The van der Waals surface area contributed by atoms with Crippen LogP contribution in [0.3, 0.4) is 0 Å². The molecule has 0 aromatic rings. The van der Waals surface area contributed by atoms with Crippen LogP contribution in [0.4, 0.5) is 0 Å². The molecule has 2 atom stereocenters. The number of hydrogen-bond acceptors (Lipinski definition) is 1. The molecule has 0 heterocycles. The molecule has 0 radical (unpaired) electrons. The summed E-state index contributed by atoms with van der Waals surface area (Å²) in [6.45, 7) is 4.52. The monoisotopic (exact) mass is 218 g/mol. The Morgan fingerprint density at radius 2 is 2.06 bits per heavy atom. The Kier molecular flexibility index (Phi) is 3.63. The van der Waals surface area contributed by atoms with Crippen LogP contribution in [0.5, 0.6) is 0 Å². The minimum atomic E-state index is 0.407. The lowest BCUT2D eigenvalue weighted by Crippen LogP contribution is -2.17. The van der Waals surface area contributed by atoms with Gasteiger partial charge in [-0.1, -0.05) is 24.6 Å². The summed E-state index contributed by atoms with van der Waals surface area (Å²) >= 11 is 0. The molecule has 2 rings (SSSR count). The van der Waals surface area contributed by atoms with E-state index in [-0.39, 0.29) is 0 Å². The van der Waals surface area contributed by atoms with Crippen molar-refractivity contribution in [3.05, 3.63) is 23.3 Å². The molecule has 2 aliphatic rings. The van der Waals surface area contributed by atoms with Crippen LogP contribution in [0.25, 0.3) is 0 Å². The molecule has 0 saturated heterocycles. The number of carbonyl (C=O) groups excluding carboxylic acids is 1. The zero-order valence-electron chi connectivity index (χ0n) is 10.5. The maximum atomic E-state index is 11.8. The van der Waals surface area contributed by atoms with Gasteiger partial charge in [-0.2, -0.15) is 0 Å². The lowest BCUT2D eigenvalue weighted by Gasteiger charge is -2.26. The lowest BCUT2D eigenvalue weighted by atomic mass is 9.79. The summed E-state index contributed by atoms with van der Waals surface area (Å²) in [7, 11) is 0. The van der Waals surface area contributed by atoms with Crippen LogP contribution < -0.4 is 0 Å². The molecule has 0 aliphatic heterocycles. The van der Waals surface area contributed by atoms with Crippen LogP contribution in [-0.2, 0) is 4.79 Å². The van der Waals surface area contributed by atoms with E-state index in [2.05, 4.69) is 26.0 Å². The van der Waals surface area contributed by atoms with E-state index >= 15 is 0 Å². The van der Waals surface area contributed by atoms with E-state index < -0.39 is 0 Å². The molecule has 1 fully saturated rings. The number of carbonyl (C=O) groups is 1. The summed E-state index contributed by atoms with van der Waals surface area (Å²) in [6.07, 6.45) is 11.0. The molecule has 0 spiro atoms. The summed E-state index contributed by atoms with van der Waals surface area (Å²) in [6, 6.07) is 0. The molecule has 0 N–H and O–H groups in total. The second-order valence-electron chi connectivity index (χ2n) is 5.45. The first-order chi connectivity index (χ1) is 7.66. The van der Waals surface area contributed by atoms with Gasteiger partial charge in [0.15, 0.2) is 5.78 Å². The summed E-state index contributed by atoms with van der Waals surface area (Å²) in [5.74, 6) is 1.71. The predicted molar refractivity (Wildman–Crippen MR) is 67.2 cm³/mol. The first-order valence-electron chi connectivity index (χ1n) is 6.56. The van der Waals surface area contributed by atoms with Gasteiger partial charge in [0.05, 0.1) is 0 Å². The van der Waals surface area contributed by atoms with Gasteiger partial charge in [-0.05, 0) is 56.4 Å². The van der Waals surface area contributed by atoms with E-state index in [0.717, 1.165) is 31.3 Å². The van der Waals surface area contributed by atoms with E-state index in [1.54, 1.807) is 0 Å². The first kappa shape index (κ1) is 11.6. The van der Waals surface area contributed by atoms with Gasteiger partial charge in [-0.25, -0.2) is 0 Å². The van der Waals surface area contributed by atoms with Gasteiger partial charge in [0.25, 0.3) is 0 Å². The topological polar surface area (TPSA) is 17.1 Å². The van der Waals surface area contributed by atoms with Gasteiger partial charge in [-0.3, -0.25) is 4.79 Å². The second-order valence-corrected chi connectivity index (χ2v) is 5.45. The maximum Gasteiger partial charge on any atom is 0.158 e. The molecule has 1 nitrogen and oxygen atoms in total. The summed E-state index contributed by atoms with van der Waals surface area (Å²) < 4.78 is 0. The summed E-state index contributed by atoms with van der Waals surface area (Å²) in [4.78, 5) is 11.8. The number of rotatable bonds is 1. The average molecular weight is 218 g/mol. The highest BCUT2D eigenvalue weighted by atomic mass is 16.1. The van der Waals surface area contributed by atoms with Crippen molar-refractivity contribution in [1.29, 1.82) is 0 Å². The molecule has 0 bridgehead atoms. The molecule has 16 heavy (non-hydrogen) atoms. The third kappa shape index (κ3) is 2.63. The fraction of sp³-hybridized carbons (Fsp3) is 0.667. The van der Waals surface area contributed by atoms with Crippen molar-refractivity contribution in [3.8, 4) is 0 Å². The molecule has 88 valence electrons. The Balaban J connectivity index is 2.08. The highest BCUT2D eigenvalue weighted by molar-refractivity contribution is 5.95. The van der Waals surface area contributed by atoms with Gasteiger partial charge in [0.1, 0.15) is 0 Å². The summed E-state index contributed by atoms with van der Waals surface area (Å²) in [5, 5.41) is 0. The smallest absolute Gasteiger partial charge is 0.158 e. The SMILES string of the molecule is CC1=CCC(C=C2CCCCC2=O)C(C)C1. The largest absolute Gasteiger partial charge is 0.295 e. The van der Waals surface area contributed by atoms with E-state index in [0.29, 0.717) is 17.6 Å². The Hall–Kier alpha value is -0.850. The van der Waals surface area contributed by atoms with Crippen molar-refractivity contribution in [2.24, 2.45) is 11.8 Å². The quantitative estimate of drug-likeness (QED) is 0.479. The number of Topliss-reactive ketones (excluding diaryl/α,β-unsaturated/α-hetero) is 1. The number of ketones is 1. The molecule has 2 aliphatic carbocycles. The Morgan fingerprint density at radius 1 is 1.31 bits per heavy atom. The van der Waals surface area contributed by atoms with E-state index in [4.69, 9.17) is 0 Å². The van der Waals surface area contributed by atoms with Gasteiger partial charge >= 0.3 is 0 Å². The Bertz CT molecular complexity index is 335. The molecule has 1 heteroatoms. The second kappa shape index (κ2) is 4.99. The van der Waals surface area contributed by atoms with Gasteiger partial charge in [0, 0.05) is 6.42 Å². The van der Waals surface area contributed by atoms with Gasteiger partial charge in [-0.15, -0.1) is 0 Å². The van der Waals surface area contributed by atoms with Gasteiger partial charge in [0.2, 0.25) is 0 Å². The van der Waals surface area contributed by atoms with Gasteiger partial charge < -0.3 is 0 Å². The third-order valence-corrected chi connectivity index (χ3v) is 3.99. The highest BCUT2D eigenvalue weighted by Gasteiger charge is 2.22. The molecule has 0 amide bonds. The van der Waals surface area contributed by atoms with Crippen molar-refractivity contribution in [2.45, 2.75) is 52.4 Å². The minimum Gasteiger partial charge on any atom is -0.295 e. The molecule has 0 aromatic carbocycles. The maximum absolute atomic E-state index is 11.8. The average Bonchev–Trinajstić information content (AvgIpc) is 2.25. The van der Waals surface area contributed by atoms with Crippen LogP contribution in [0.2, 0.25) is 0 Å². The zero-order valence-corrected chi connectivity index (χ0v) is 10.5. The fourth-order valence-electron chi connectivity index (χ4n) is 2.88. The standard InChI is InChI=1S/C15H22O/c1-11-7-8-13(12(2)9-11)10-14-5-3-4-6-15(14)16/h7,10,12-13H,3-6,8-9H2,1-2H3. The molecule has 2 unspecified atom stereocenters. The third-order valence-electron chi connectivity index (χ3n) is 3.99. The normalized spacial score (nSPS) is 34.0. The highest BCUT2D eigenvalue weighted by Crippen LogP contribution is 2.32. The van der Waals surface area contributed by atoms with Crippen molar-refractivity contribution in [1.82, 2.24) is 0 Å². The molecule has 1 saturated carbocycles. The van der Waals surface area contributed by atoms with Crippen LogP contribution in [0, 0.1) is 11.8 Å². The molecular formula is C15H22O. The zero-order chi connectivity index (χ0) is 11.5. The predicted octanol–water partition coefficient (Wildman–Crippen LogP) is 4.05. The van der Waals surface area contributed by atoms with Crippen LogP contribution in [0.15, 0.2) is 23.3 Å². The van der Waals surface area contributed by atoms with Crippen molar-refractivity contribution >= 4 is 5.78 Å². The number of allylic oxidation sites excluding steroid dienone is 4.